The Morgan fingerprint density at radius 3 is 2.41 bits per heavy atom. The highest BCUT2D eigenvalue weighted by atomic mass is 16.5. The Bertz CT molecular complexity index is 1220. The van der Waals surface area contributed by atoms with Crippen LogP contribution in [0.4, 0.5) is 0 Å². The van der Waals surface area contributed by atoms with E-state index in [-0.39, 0.29) is 11.1 Å². The highest BCUT2D eigenvalue weighted by Gasteiger charge is 2.25. The summed E-state index contributed by atoms with van der Waals surface area (Å²) in [6, 6.07) is 14.7. The summed E-state index contributed by atoms with van der Waals surface area (Å²) in [7, 11) is 2.89. The van der Waals surface area contributed by atoms with Crippen molar-refractivity contribution in [2.45, 2.75) is 6.92 Å². The molecule has 7 nitrogen and oxygen atoms in total. The number of aromatic nitrogens is 3. The van der Waals surface area contributed by atoms with E-state index in [0.29, 0.717) is 22.7 Å². The molecule has 0 amide bonds. The fraction of sp³-hybridized carbons (Fsp3) is 0.136. The summed E-state index contributed by atoms with van der Waals surface area (Å²) in [6.07, 6.45) is 3.29. The maximum absolute atomic E-state index is 13.1. The molecule has 0 aliphatic carbocycles. The van der Waals surface area contributed by atoms with Crippen LogP contribution < -0.4 is 10.3 Å². The summed E-state index contributed by atoms with van der Waals surface area (Å²) >= 11 is 0. The van der Waals surface area contributed by atoms with E-state index >= 15 is 0 Å². The minimum absolute atomic E-state index is 0.212. The van der Waals surface area contributed by atoms with Gasteiger partial charge in [0.15, 0.2) is 0 Å². The number of benzene rings is 2. The first-order chi connectivity index (χ1) is 14.0. The summed E-state index contributed by atoms with van der Waals surface area (Å²) in [5.41, 5.74) is 2.93. The van der Waals surface area contributed by atoms with Crippen LogP contribution in [0.25, 0.3) is 22.6 Å². The highest BCUT2D eigenvalue weighted by Crippen LogP contribution is 2.25. The van der Waals surface area contributed by atoms with E-state index in [1.165, 1.54) is 11.8 Å². The first-order valence-corrected chi connectivity index (χ1v) is 8.96. The van der Waals surface area contributed by atoms with Gasteiger partial charge in [-0.2, -0.15) is 9.78 Å². The molecule has 0 radical (unpaired) electrons. The highest BCUT2D eigenvalue weighted by molar-refractivity contribution is 5.96. The van der Waals surface area contributed by atoms with Gasteiger partial charge >= 0.3 is 5.97 Å². The van der Waals surface area contributed by atoms with Crippen LogP contribution in [-0.4, -0.2) is 34.5 Å². The van der Waals surface area contributed by atoms with Crippen molar-refractivity contribution < 1.29 is 14.3 Å². The van der Waals surface area contributed by atoms with E-state index in [4.69, 9.17) is 9.47 Å². The topological polar surface area (TPSA) is 75.3 Å². The number of carbonyl (C=O) groups excluding carboxylic acids is 1. The van der Waals surface area contributed by atoms with Crippen LogP contribution >= 0.6 is 0 Å². The van der Waals surface area contributed by atoms with Crippen molar-refractivity contribution in [2.24, 2.45) is 0 Å². The Labute approximate surface area is 167 Å². The number of fused-ring (bicyclic) bond motifs is 1. The molecule has 0 fully saturated rings. The summed E-state index contributed by atoms with van der Waals surface area (Å²) < 4.78 is 13.1. The molecule has 0 saturated carbocycles. The second-order valence-corrected chi connectivity index (χ2v) is 6.59. The molecule has 0 aromatic heterocycles. The fourth-order valence-electron chi connectivity index (χ4n) is 3.20. The van der Waals surface area contributed by atoms with Gasteiger partial charge in [0, 0.05) is 18.1 Å². The van der Waals surface area contributed by atoms with Crippen molar-refractivity contribution in [1.29, 1.82) is 0 Å². The van der Waals surface area contributed by atoms with Crippen molar-refractivity contribution in [1.82, 2.24) is 14.3 Å². The summed E-state index contributed by atoms with van der Waals surface area (Å²) in [5.74, 6) is 0.146. The van der Waals surface area contributed by atoms with E-state index in [1.807, 2.05) is 37.3 Å². The van der Waals surface area contributed by atoms with Crippen LogP contribution in [-0.2, 0) is 4.74 Å². The van der Waals surface area contributed by atoms with Crippen molar-refractivity contribution in [3.63, 3.8) is 0 Å². The van der Waals surface area contributed by atoms with Gasteiger partial charge in [-0.05, 0) is 48.9 Å². The largest absolute Gasteiger partial charge is 0.497 e. The quantitative estimate of drug-likeness (QED) is 0.501. The van der Waals surface area contributed by atoms with Gasteiger partial charge in [0.05, 0.1) is 25.5 Å². The van der Waals surface area contributed by atoms with Crippen molar-refractivity contribution in [3.8, 4) is 28.4 Å². The Morgan fingerprint density at radius 1 is 1.00 bits per heavy atom. The van der Waals surface area contributed by atoms with Crippen molar-refractivity contribution in [3.05, 3.63) is 82.4 Å². The predicted octanol–water partition coefficient (Wildman–Crippen LogP) is 3.23. The average molecular weight is 389 g/mol. The van der Waals surface area contributed by atoms with Crippen LogP contribution in [0.15, 0.2) is 65.7 Å². The molecule has 0 unspecified atom stereocenters. The fourth-order valence-corrected chi connectivity index (χ4v) is 3.20. The molecule has 7 heteroatoms. The normalized spacial score (nSPS) is 10.9. The Balaban J connectivity index is 1.96. The molecule has 0 bridgehead atoms. The zero-order valence-corrected chi connectivity index (χ0v) is 16.2. The molecule has 2 heterocycles. The maximum Gasteiger partial charge on any atom is 0.341 e. The number of esters is 1. The molecule has 0 saturated heterocycles. The van der Waals surface area contributed by atoms with E-state index in [1.54, 1.807) is 42.3 Å². The maximum atomic E-state index is 13.1. The van der Waals surface area contributed by atoms with Crippen LogP contribution in [0.2, 0.25) is 0 Å². The minimum Gasteiger partial charge on any atom is -0.497 e. The van der Waals surface area contributed by atoms with Gasteiger partial charge < -0.3 is 14.0 Å². The number of hydrogen-bond donors (Lipinski definition) is 0. The number of carbonyl (C=O) groups is 1. The second kappa shape index (κ2) is 7.27. The predicted molar refractivity (Wildman–Crippen MR) is 108 cm³/mol. The van der Waals surface area contributed by atoms with E-state index in [2.05, 4.69) is 5.10 Å². The van der Waals surface area contributed by atoms with Crippen LogP contribution in [0.1, 0.15) is 15.9 Å². The first-order valence-electron chi connectivity index (χ1n) is 8.96. The SMILES string of the molecule is COC(=O)c1cn(-c2ccc(OC)cc2)cc2c(=O)n(-c3cccc(C)c3)nc1-2. The molecule has 0 N–H and O–H groups in total. The van der Waals surface area contributed by atoms with Gasteiger partial charge in [-0.15, -0.1) is 0 Å². The van der Waals surface area contributed by atoms with Crippen LogP contribution in [0.3, 0.4) is 0 Å². The zero-order valence-electron chi connectivity index (χ0n) is 16.2. The monoisotopic (exact) mass is 389 g/mol. The van der Waals surface area contributed by atoms with Crippen molar-refractivity contribution >= 4 is 5.97 Å². The standard InChI is InChI=1S/C22H19N3O4/c1-14-5-4-6-16(11-14)25-21(26)18-12-24(15-7-9-17(28-2)10-8-15)13-19(20(18)23-25)22(27)29-3/h4-13H,1-3H3. The third kappa shape index (κ3) is 3.27. The lowest BCUT2D eigenvalue weighted by molar-refractivity contribution is 0.0600. The van der Waals surface area contributed by atoms with Crippen LogP contribution in [0, 0.1) is 6.92 Å². The smallest absolute Gasteiger partial charge is 0.341 e. The minimum atomic E-state index is -0.563. The molecular formula is C22H19N3O4. The third-order valence-corrected chi connectivity index (χ3v) is 4.69. The van der Waals surface area contributed by atoms with E-state index in [9.17, 15) is 9.59 Å². The first kappa shape index (κ1) is 18.5. The molecule has 2 aromatic carbocycles. The summed E-state index contributed by atoms with van der Waals surface area (Å²) in [6.45, 7) is 1.94. The lowest BCUT2D eigenvalue weighted by atomic mass is 10.1. The Hall–Kier alpha value is -3.87. The summed E-state index contributed by atoms with van der Waals surface area (Å²) in [5, 5.41) is 4.42. The Kier molecular flexibility index (Phi) is 4.64. The number of rotatable bonds is 4. The van der Waals surface area contributed by atoms with Crippen LogP contribution in [0.5, 0.6) is 5.75 Å². The Morgan fingerprint density at radius 2 is 1.76 bits per heavy atom. The molecule has 2 aromatic rings. The number of nitrogens with zero attached hydrogens (tertiary/aromatic N) is 3. The molecule has 0 atom stereocenters. The number of methoxy groups -OCH3 is 2. The zero-order chi connectivity index (χ0) is 20.5. The molecule has 0 spiro atoms. The van der Waals surface area contributed by atoms with E-state index < -0.39 is 5.97 Å². The van der Waals surface area contributed by atoms with Crippen molar-refractivity contribution in [2.75, 3.05) is 14.2 Å². The third-order valence-electron chi connectivity index (χ3n) is 4.69. The van der Waals surface area contributed by atoms with Gasteiger partial charge in [-0.25, -0.2) is 4.79 Å². The lowest BCUT2D eigenvalue weighted by Gasteiger charge is -2.12. The molecular weight excluding hydrogens is 370 g/mol. The van der Waals surface area contributed by atoms with Gasteiger partial charge in [0.2, 0.25) is 0 Å². The van der Waals surface area contributed by atoms with Gasteiger partial charge in [-0.1, -0.05) is 12.1 Å². The second-order valence-electron chi connectivity index (χ2n) is 6.59. The summed E-state index contributed by atoms with van der Waals surface area (Å²) in [4.78, 5) is 25.5. The van der Waals surface area contributed by atoms with Gasteiger partial charge in [0.1, 0.15) is 17.0 Å². The van der Waals surface area contributed by atoms with Gasteiger partial charge in [0.25, 0.3) is 5.56 Å². The number of hydrogen-bond acceptors (Lipinski definition) is 5. The molecule has 4 rings (SSSR count). The van der Waals surface area contributed by atoms with E-state index in [0.717, 1.165) is 11.3 Å². The molecule has 146 valence electrons. The molecule has 29 heavy (non-hydrogen) atoms. The number of aryl methyl sites for hydroxylation is 1. The average Bonchev–Trinajstić information content (AvgIpc) is 3.09. The molecule has 2 aliphatic heterocycles. The molecule has 2 aliphatic rings. The number of ether oxygens (including phenoxy) is 2. The van der Waals surface area contributed by atoms with Gasteiger partial charge in [-0.3, -0.25) is 4.79 Å². The lowest BCUT2D eigenvalue weighted by Crippen LogP contribution is -2.15. The number of pyridine rings is 1.